The van der Waals surface area contributed by atoms with Gasteiger partial charge in [-0.25, -0.2) is 8.42 Å². The lowest BCUT2D eigenvalue weighted by molar-refractivity contribution is -0.119. The van der Waals surface area contributed by atoms with Gasteiger partial charge in [-0.1, -0.05) is 11.8 Å². The van der Waals surface area contributed by atoms with Gasteiger partial charge in [0.05, 0.1) is 19.1 Å². The van der Waals surface area contributed by atoms with E-state index in [0.717, 1.165) is 0 Å². The van der Waals surface area contributed by atoms with Gasteiger partial charge in [0, 0.05) is 12.0 Å². The Balaban J connectivity index is 1.97. The molecule has 0 saturated carbocycles. The number of carbonyl (C=O) groups is 2. The number of amides is 2. The number of sulfone groups is 1. The zero-order valence-corrected chi connectivity index (χ0v) is 17.2. The minimum absolute atomic E-state index is 0.0955. The monoisotopic (exact) mass is 431 g/mol. The maximum absolute atomic E-state index is 13.3. The van der Waals surface area contributed by atoms with Gasteiger partial charge in [-0.15, -0.1) is 0 Å². The molecular formula is C20H17NO6S2. The molecule has 0 spiro atoms. The van der Waals surface area contributed by atoms with E-state index in [-0.39, 0.29) is 11.3 Å². The van der Waals surface area contributed by atoms with E-state index in [1.54, 1.807) is 31.4 Å². The lowest BCUT2D eigenvalue weighted by atomic mass is 10.2. The van der Waals surface area contributed by atoms with Gasteiger partial charge in [0.2, 0.25) is 13.9 Å². The van der Waals surface area contributed by atoms with Crippen molar-refractivity contribution in [2.75, 3.05) is 14.2 Å². The highest BCUT2D eigenvalue weighted by atomic mass is 32.3. The number of carbonyl (C=O) groups excluding carboxylic acids is 2. The van der Waals surface area contributed by atoms with Crippen LogP contribution in [0, 0.1) is 11.8 Å². The third-order valence-corrected chi connectivity index (χ3v) is 8.21. The second-order valence-corrected chi connectivity index (χ2v) is 9.69. The van der Waals surface area contributed by atoms with Crippen molar-refractivity contribution in [2.45, 2.75) is 15.4 Å². The molecule has 150 valence electrons. The molecule has 1 atom stereocenters. The summed E-state index contributed by atoms with van der Waals surface area (Å²) >= 11 is 0.433. The Morgan fingerprint density at radius 1 is 0.966 bits per heavy atom. The number of benzene rings is 2. The van der Waals surface area contributed by atoms with Gasteiger partial charge in [-0.3, -0.25) is 14.9 Å². The number of hydrogen-bond donors (Lipinski definition) is 1. The zero-order chi connectivity index (χ0) is 21.1. The molecule has 0 aromatic heterocycles. The summed E-state index contributed by atoms with van der Waals surface area (Å²) in [6.07, 6.45) is -0.352. The summed E-state index contributed by atoms with van der Waals surface area (Å²) in [5.41, 5.74) is 0.623. The Bertz CT molecular complexity index is 1100. The predicted octanol–water partition coefficient (Wildman–Crippen LogP) is 2.60. The lowest BCUT2D eigenvalue weighted by Gasteiger charge is -2.22. The van der Waals surface area contributed by atoms with Crippen LogP contribution in [0.5, 0.6) is 11.5 Å². The number of methoxy groups -OCH3 is 2. The molecule has 2 aromatic rings. The third kappa shape index (κ3) is 3.95. The minimum atomic E-state index is -4.22. The largest absolute Gasteiger partial charge is 0.497 e. The van der Waals surface area contributed by atoms with Crippen LogP contribution in [0.2, 0.25) is 0 Å². The van der Waals surface area contributed by atoms with Crippen LogP contribution in [0.25, 0.3) is 0 Å². The molecule has 3 rings (SSSR count). The van der Waals surface area contributed by atoms with E-state index in [9.17, 15) is 18.0 Å². The number of hydrogen-bond acceptors (Lipinski definition) is 7. The second-order valence-electron chi connectivity index (χ2n) is 5.98. The van der Waals surface area contributed by atoms with E-state index in [0.29, 0.717) is 28.8 Å². The maximum atomic E-state index is 13.3. The molecule has 0 radical (unpaired) electrons. The molecule has 0 aliphatic carbocycles. The molecule has 2 aromatic carbocycles. The first-order valence-corrected chi connectivity index (χ1v) is 10.7. The first-order chi connectivity index (χ1) is 13.8. The summed E-state index contributed by atoms with van der Waals surface area (Å²) in [6, 6.07) is 12.5. The predicted molar refractivity (Wildman–Crippen MR) is 109 cm³/mol. The Labute approximate surface area is 172 Å². The molecule has 7 nitrogen and oxygen atoms in total. The highest BCUT2D eigenvalue weighted by Gasteiger charge is 2.58. The van der Waals surface area contributed by atoms with Crippen molar-refractivity contribution in [1.29, 1.82) is 0 Å². The maximum Gasteiger partial charge on any atom is 0.287 e. The zero-order valence-electron chi connectivity index (χ0n) is 15.6. The minimum Gasteiger partial charge on any atom is -0.497 e. The van der Waals surface area contributed by atoms with Crippen molar-refractivity contribution in [3.05, 3.63) is 54.1 Å². The summed E-state index contributed by atoms with van der Waals surface area (Å²) in [6.45, 7) is 0. The van der Waals surface area contributed by atoms with E-state index in [4.69, 9.17) is 9.47 Å². The fourth-order valence-electron chi connectivity index (χ4n) is 2.68. The SMILES string of the molecule is COc1ccc(C#CCC2(S(=O)(=O)c3ccc(OC)cc3)SC(=O)NC2=O)cc1. The van der Waals surface area contributed by atoms with Gasteiger partial charge in [-0.05, 0) is 60.3 Å². The van der Waals surface area contributed by atoms with Crippen LogP contribution in [0.1, 0.15) is 12.0 Å². The average molecular weight is 431 g/mol. The van der Waals surface area contributed by atoms with Crippen molar-refractivity contribution in [2.24, 2.45) is 0 Å². The van der Waals surface area contributed by atoms with Crippen LogP contribution in [0.3, 0.4) is 0 Å². The number of imide groups is 1. The Morgan fingerprint density at radius 2 is 1.52 bits per heavy atom. The molecule has 0 bridgehead atoms. The lowest BCUT2D eigenvalue weighted by Crippen LogP contribution is -2.43. The van der Waals surface area contributed by atoms with Gasteiger partial charge in [0.25, 0.3) is 11.1 Å². The summed E-state index contributed by atoms with van der Waals surface area (Å²) in [5, 5.41) is 1.34. The standard InChI is InChI=1S/C20H17NO6S2/c1-26-15-7-5-14(6-8-15)4-3-13-20(18(22)21-19(23)28-20)29(24,25)17-11-9-16(27-2)10-12-17/h5-12H,13H2,1-2H3,(H,21,22,23). The summed E-state index contributed by atoms with van der Waals surface area (Å²) in [5.74, 6) is 5.80. The van der Waals surface area contributed by atoms with Crippen molar-refractivity contribution in [3.63, 3.8) is 0 Å². The fourth-order valence-corrected chi connectivity index (χ4v) is 5.80. The Hall–Kier alpha value is -2.96. The number of ether oxygens (including phenoxy) is 2. The topological polar surface area (TPSA) is 98.8 Å². The number of thioether (sulfide) groups is 1. The van der Waals surface area contributed by atoms with E-state index < -0.39 is 25.1 Å². The Kier molecular flexibility index (Phi) is 5.86. The molecule has 1 aliphatic heterocycles. The molecule has 2 amide bonds. The van der Waals surface area contributed by atoms with Crippen LogP contribution in [-0.4, -0.2) is 37.9 Å². The van der Waals surface area contributed by atoms with Crippen molar-refractivity contribution in [3.8, 4) is 23.3 Å². The summed E-state index contributed by atoms with van der Waals surface area (Å²) < 4.78 is 34.6. The van der Waals surface area contributed by atoms with E-state index in [2.05, 4.69) is 17.2 Å². The van der Waals surface area contributed by atoms with E-state index in [1.165, 1.54) is 31.4 Å². The Morgan fingerprint density at radius 3 is 2.00 bits per heavy atom. The molecule has 1 N–H and O–H groups in total. The van der Waals surface area contributed by atoms with Crippen LogP contribution >= 0.6 is 11.8 Å². The summed E-state index contributed by atoms with van der Waals surface area (Å²) in [7, 11) is -1.22. The van der Waals surface area contributed by atoms with Crippen molar-refractivity contribution >= 4 is 32.7 Å². The van der Waals surface area contributed by atoms with Crippen LogP contribution < -0.4 is 14.8 Å². The third-order valence-electron chi connectivity index (χ3n) is 4.27. The van der Waals surface area contributed by atoms with Crippen molar-refractivity contribution in [1.82, 2.24) is 5.32 Å². The highest BCUT2D eigenvalue weighted by Crippen LogP contribution is 2.43. The normalized spacial score (nSPS) is 18.6. The van der Waals surface area contributed by atoms with Gasteiger partial charge < -0.3 is 9.47 Å². The first kappa shape index (κ1) is 20.8. The van der Waals surface area contributed by atoms with Gasteiger partial charge >= 0.3 is 0 Å². The number of nitrogens with one attached hydrogen (secondary N) is 1. The molecule has 1 aliphatic rings. The van der Waals surface area contributed by atoms with Gasteiger partial charge in [0.1, 0.15) is 11.5 Å². The van der Waals surface area contributed by atoms with Crippen LogP contribution in [-0.2, 0) is 14.6 Å². The van der Waals surface area contributed by atoms with Gasteiger partial charge in [0.15, 0.2) is 0 Å². The van der Waals surface area contributed by atoms with E-state index >= 15 is 0 Å². The quantitative estimate of drug-likeness (QED) is 0.727. The van der Waals surface area contributed by atoms with Crippen LogP contribution in [0.4, 0.5) is 4.79 Å². The molecule has 1 heterocycles. The first-order valence-electron chi connectivity index (χ1n) is 8.38. The molecular weight excluding hydrogens is 414 g/mol. The number of rotatable bonds is 5. The average Bonchev–Trinajstić information content (AvgIpc) is 3.03. The van der Waals surface area contributed by atoms with Gasteiger partial charge in [-0.2, -0.15) is 0 Å². The smallest absolute Gasteiger partial charge is 0.287 e. The molecule has 1 saturated heterocycles. The fraction of sp³-hybridized carbons (Fsp3) is 0.200. The molecule has 29 heavy (non-hydrogen) atoms. The molecule has 9 heteroatoms. The van der Waals surface area contributed by atoms with Crippen LogP contribution in [0.15, 0.2) is 53.4 Å². The summed E-state index contributed by atoms with van der Waals surface area (Å²) in [4.78, 5) is 24.3. The molecule has 1 fully saturated rings. The second kappa shape index (κ2) is 8.19. The van der Waals surface area contributed by atoms with Crippen molar-refractivity contribution < 1.29 is 27.5 Å². The van der Waals surface area contributed by atoms with E-state index in [1.807, 2.05) is 0 Å². The highest BCUT2D eigenvalue weighted by molar-refractivity contribution is 8.25. The molecule has 1 unspecified atom stereocenters.